The Kier molecular flexibility index (Phi) is 4.89. The van der Waals surface area contributed by atoms with E-state index in [0.29, 0.717) is 0 Å². The van der Waals surface area contributed by atoms with Crippen LogP contribution in [0.15, 0.2) is 23.2 Å². The molecule has 0 saturated heterocycles. The van der Waals surface area contributed by atoms with Crippen LogP contribution in [0.3, 0.4) is 0 Å². The fourth-order valence-corrected chi connectivity index (χ4v) is 2.09. The molecule has 1 rings (SSSR count). The summed E-state index contributed by atoms with van der Waals surface area (Å²) in [5.74, 6) is -1.00. The van der Waals surface area contributed by atoms with Gasteiger partial charge in [0.15, 0.2) is 6.20 Å². The first-order chi connectivity index (χ1) is 8.86. The number of hydrogen-bond acceptors (Lipinski definition) is 7. The maximum atomic E-state index is 11.7. The first-order valence-corrected chi connectivity index (χ1v) is 6.52. The van der Waals surface area contributed by atoms with E-state index in [2.05, 4.69) is 14.4 Å². The molecule has 0 atom stereocenters. The number of ether oxygens (including phenoxy) is 1. The van der Waals surface area contributed by atoms with Gasteiger partial charge in [-0.25, -0.2) is 13.1 Å². The molecule has 1 aromatic heterocycles. The molecule has 0 spiro atoms. The molecule has 0 aliphatic rings. The summed E-state index contributed by atoms with van der Waals surface area (Å²) in [5.41, 5.74) is 0. The molecule has 1 N–H and O–H groups in total. The molecule has 0 aromatic carbocycles. The Morgan fingerprint density at radius 1 is 1.53 bits per heavy atom. The molecule has 0 saturated carbocycles. The number of carbonyl (C=O) groups is 1. The molecule has 0 fully saturated rings. The third-order valence-corrected chi connectivity index (χ3v) is 3.51. The minimum absolute atomic E-state index is 0.115. The van der Waals surface area contributed by atoms with Crippen molar-refractivity contribution in [2.75, 3.05) is 13.7 Å². The molecule has 19 heavy (non-hydrogen) atoms. The van der Waals surface area contributed by atoms with E-state index in [1.807, 2.05) is 0 Å². The van der Waals surface area contributed by atoms with Gasteiger partial charge in [0.1, 0.15) is 4.90 Å². The topological polar surface area (TPSA) is 128 Å². The average molecular weight is 289 g/mol. The smallest absolute Gasteiger partial charge is 0.363 e. The minimum atomic E-state index is -3.85. The second kappa shape index (κ2) is 6.20. The van der Waals surface area contributed by atoms with Crippen LogP contribution in [0, 0.1) is 10.1 Å². The zero-order valence-electron chi connectivity index (χ0n) is 9.90. The number of esters is 1. The van der Waals surface area contributed by atoms with Crippen molar-refractivity contribution >= 4 is 21.8 Å². The van der Waals surface area contributed by atoms with Crippen LogP contribution in [-0.4, -0.2) is 37.9 Å². The highest BCUT2D eigenvalue weighted by molar-refractivity contribution is 7.89. The lowest BCUT2D eigenvalue weighted by molar-refractivity contribution is -0.389. The van der Waals surface area contributed by atoms with Crippen molar-refractivity contribution in [1.82, 2.24) is 9.71 Å². The summed E-state index contributed by atoms with van der Waals surface area (Å²) in [6.45, 7) is -0.133. The minimum Gasteiger partial charge on any atom is -0.469 e. The van der Waals surface area contributed by atoms with Crippen LogP contribution in [0.25, 0.3) is 0 Å². The number of methoxy groups -OCH3 is 1. The highest BCUT2D eigenvalue weighted by Crippen LogP contribution is 2.11. The predicted octanol–water partition coefficient (Wildman–Crippen LogP) is -0.169. The van der Waals surface area contributed by atoms with Gasteiger partial charge in [0.05, 0.1) is 13.5 Å². The fourth-order valence-electron chi connectivity index (χ4n) is 1.11. The summed E-state index contributed by atoms with van der Waals surface area (Å²) in [6, 6.07) is 2.04. The Morgan fingerprint density at radius 3 is 2.68 bits per heavy atom. The van der Waals surface area contributed by atoms with E-state index in [1.54, 1.807) is 0 Å². The predicted molar refractivity (Wildman–Crippen MR) is 62.7 cm³/mol. The molecule has 10 heteroatoms. The monoisotopic (exact) mass is 289 g/mol. The van der Waals surface area contributed by atoms with E-state index >= 15 is 0 Å². The Balaban J connectivity index is 2.72. The molecule has 0 aliphatic heterocycles. The van der Waals surface area contributed by atoms with Crippen molar-refractivity contribution in [3.8, 4) is 0 Å². The van der Waals surface area contributed by atoms with Gasteiger partial charge in [-0.2, -0.15) is 0 Å². The van der Waals surface area contributed by atoms with Crippen molar-refractivity contribution < 1.29 is 22.9 Å². The largest absolute Gasteiger partial charge is 0.469 e. The molecule has 0 bridgehead atoms. The molecule has 0 radical (unpaired) electrons. The average Bonchev–Trinajstić information content (AvgIpc) is 2.38. The molecular weight excluding hydrogens is 278 g/mol. The normalized spacial score (nSPS) is 11.0. The number of nitro groups is 1. The Bertz CT molecular complexity index is 568. The zero-order chi connectivity index (χ0) is 14.5. The van der Waals surface area contributed by atoms with Crippen molar-refractivity contribution in [1.29, 1.82) is 0 Å². The van der Waals surface area contributed by atoms with Crippen LogP contribution in [0.2, 0.25) is 0 Å². The van der Waals surface area contributed by atoms with Crippen molar-refractivity contribution in [2.45, 2.75) is 11.3 Å². The van der Waals surface area contributed by atoms with Gasteiger partial charge < -0.3 is 14.9 Å². The summed E-state index contributed by atoms with van der Waals surface area (Å²) in [6.07, 6.45) is 0.759. The number of pyridine rings is 1. The van der Waals surface area contributed by atoms with Crippen molar-refractivity contribution in [3.05, 3.63) is 28.4 Å². The molecule has 0 amide bonds. The number of nitrogens with zero attached hydrogens (tertiary/aromatic N) is 2. The van der Waals surface area contributed by atoms with Crippen LogP contribution in [0.5, 0.6) is 0 Å². The van der Waals surface area contributed by atoms with Crippen LogP contribution in [0.4, 0.5) is 5.82 Å². The van der Waals surface area contributed by atoms with Crippen LogP contribution in [0.1, 0.15) is 6.42 Å². The number of nitrogens with one attached hydrogen (secondary N) is 1. The lowest BCUT2D eigenvalue weighted by Crippen LogP contribution is -2.26. The lowest BCUT2D eigenvalue weighted by Gasteiger charge is -2.04. The van der Waals surface area contributed by atoms with E-state index in [9.17, 15) is 23.3 Å². The number of sulfonamides is 1. The van der Waals surface area contributed by atoms with Gasteiger partial charge in [-0.1, -0.05) is 0 Å². The summed E-state index contributed by atoms with van der Waals surface area (Å²) >= 11 is 0. The van der Waals surface area contributed by atoms with Crippen LogP contribution in [-0.2, 0) is 19.6 Å². The van der Waals surface area contributed by atoms with E-state index in [-0.39, 0.29) is 17.9 Å². The number of carbonyl (C=O) groups excluding carboxylic acids is 1. The van der Waals surface area contributed by atoms with Gasteiger partial charge in [-0.3, -0.25) is 4.79 Å². The quantitative estimate of drug-likeness (QED) is 0.437. The molecule has 1 heterocycles. The van der Waals surface area contributed by atoms with Crippen molar-refractivity contribution in [3.63, 3.8) is 0 Å². The zero-order valence-corrected chi connectivity index (χ0v) is 10.7. The standard InChI is InChI=1S/C9H11N3O6S/c1-18-9(13)4-5-11-19(16,17)7-2-3-8(10-6-7)12(14)15/h2-3,6,11H,4-5H2,1H3. The van der Waals surface area contributed by atoms with Gasteiger partial charge in [0.25, 0.3) is 0 Å². The Morgan fingerprint density at radius 2 is 2.21 bits per heavy atom. The van der Waals surface area contributed by atoms with Gasteiger partial charge in [0, 0.05) is 12.6 Å². The molecular formula is C9H11N3O6S. The Hall–Kier alpha value is -2.07. The summed E-state index contributed by atoms with van der Waals surface area (Å²) < 4.78 is 29.9. The number of aromatic nitrogens is 1. The van der Waals surface area contributed by atoms with E-state index < -0.39 is 26.7 Å². The maximum absolute atomic E-state index is 11.7. The molecule has 0 unspecified atom stereocenters. The maximum Gasteiger partial charge on any atom is 0.363 e. The third-order valence-electron chi connectivity index (χ3n) is 2.07. The van der Waals surface area contributed by atoms with Crippen LogP contribution < -0.4 is 4.72 Å². The second-order valence-electron chi connectivity index (χ2n) is 3.33. The highest BCUT2D eigenvalue weighted by atomic mass is 32.2. The van der Waals surface area contributed by atoms with Gasteiger partial charge in [0.2, 0.25) is 10.0 Å². The fraction of sp³-hybridized carbons (Fsp3) is 0.333. The van der Waals surface area contributed by atoms with Crippen molar-refractivity contribution in [2.24, 2.45) is 0 Å². The number of hydrogen-bond donors (Lipinski definition) is 1. The lowest BCUT2D eigenvalue weighted by atomic mass is 10.4. The SMILES string of the molecule is COC(=O)CCNS(=O)(=O)c1ccc([N+](=O)[O-])nc1. The van der Waals surface area contributed by atoms with E-state index in [0.717, 1.165) is 18.3 Å². The van der Waals surface area contributed by atoms with Gasteiger partial charge >= 0.3 is 11.8 Å². The molecule has 9 nitrogen and oxygen atoms in total. The second-order valence-corrected chi connectivity index (χ2v) is 5.10. The van der Waals surface area contributed by atoms with Gasteiger partial charge in [-0.15, -0.1) is 0 Å². The van der Waals surface area contributed by atoms with Gasteiger partial charge in [-0.05, 0) is 16.0 Å². The number of rotatable bonds is 6. The van der Waals surface area contributed by atoms with Crippen LogP contribution >= 0.6 is 0 Å². The first kappa shape index (κ1) is 15.0. The molecule has 1 aromatic rings. The molecule has 0 aliphatic carbocycles. The summed E-state index contributed by atoms with van der Waals surface area (Å²) in [7, 11) is -2.66. The summed E-state index contributed by atoms with van der Waals surface area (Å²) in [5, 5.41) is 10.4. The summed E-state index contributed by atoms with van der Waals surface area (Å²) in [4.78, 5) is 23.6. The molecule has 104 valence electrons. The Labute approximate surface area is 108 Å². The van der Waals surface area contributed by atoms with E-state index in [1.165, 1.54) is 7.11 Å². The van der Waals surface area contributed by atoms with E-state index in [4.69, 9.17) is 0 Å². The highest BCUT2D eigenvalue weighted by Gasteiger charge is 2.18. The first-order valence-electron chi connectivity index (χ1n) is 5.04. The third kappa shape index (κ3) is 4.26.